The van der Waals surface area contributed by atoms with Crippen LogP contribution in [0, 0.1) is 13.8 Å². The van der Waals surface area contributed by atoms with Gasteiger partial charge in [-0.25, -0.2) is 14.8 Å². The average molecular weight is 1030 g/mol. The number of carbonyl (C=O) groups is 4. The molecule has 404 valence electrons. The Morgan fingerprint density at radius 1 is 0.600 bits per heavy atom. The van der Waals surface area contributed by atoms with Crippen LogP contribution in [0.3, 0.4) is 0 Å². The molecule has 4 aromatic heterocycles. The first kappa shape index (κ1) is 52.5. The number of aromatic nitrogens is 6. The normalized spacial score (nSPS) is 25.3. The number of carboxylic acids is 1. The lowest BCUT2D eigenvalue weighted by atomic mass is 9.95. The fourth-order valence-corrected chi connectivity index (χ4v) is 13.2. The van der Waals surface area contributed by atoms with Gasteiger partial charge in [0.2, 0.25) is 23.6 Å². The second-order valence-corrected chi connectivity index (χ2v) is 22.1. The molecule has 4 bridgehead atoms. The van der Waals surface area contributed by atoms with Crippen molar-refractivity contribution in [2.24, 2.45) is 0 Å². The number of aliphatic hydroxyl groups excluding tert-OH is 2. The number of nitrogens with one attached hydrogen (secondary N) is 1. The second kappa shape index (κ2) is 23.5. The number of hydrogen-bond acceptors (Lipinski definition) is 13. The molecule has 0 saturated carbocycles. The Morgan fingerprint density at radius 3 is 1.45 bits per heavy atom. The van der Waals surface area contributed by atoms with Gasteiger partial charge in [0.05, 0.1) is 12.2 Å². The van der Waals surface area contributed by atoms with Crippen LogP contribution < -0.4 is 14.8 Å². The minimum absolute atomic E-state index is 0.0266. The van der Waals surface area contributed by atoms with E-state index in [1.807, 2.05) is 52.6 Å². The lowest BCUT2D eigenvalue weighted by Crippen LogP contribution is -2.50. The van der Waals surface area contributed by atoms with Crippen LogP contribution in [0.5, 0.6) is 11.8 Å². The number of piperidine rings is 4. The fraction of sp³-hybridized carbons (Fsp3) is 0.643. The largest absolute Gasteiger partial charge is 0.476 e. The number of aryl methyl sites for hydroxylation is 2. The highest BCUT2D eigenvalue weighted by Gasteiger charge is 2.46. The van der Waals surface area contributed by atoms with Crippen molar-refractivity contribution in [1.82, 2.24) is 49.5 Å². The predicted molar refractivity (Wildman–Crippen MR) is 277 cm³/mol. The van der Waals surface area contributed by atoms with Gasteiger partial charge < -0.3 is 44.8 Å². The molecule has 0 aromatic carbocycles. The Balaban J connectivity index is 0.000000153. The average Bonchev–Trinajstić information content (AvgIpc) is 4.13. The van der Waals surface area contributed by atoms with Gasteiger partial charge in [0.15, 0.2) is 11.4 Å². The summed E-state index contributed by atoms with van der Waals surface area (Å²) < 4.78 is 15.9. The van der Waals surface area contributed by atoms with Crippen LogP contribution in [0.25, 0.3) is 0 Å². The van der Waals surface area contributed by atoms with Crippen molar-refractivity contribution >= 4 is 23.7 Å². The summed E-state index contributed by atoms with van der Waals surface area (Å²) in [5.74, 6) is 0.432. The monoisotopic (exact) mass is 1030 g/mol. The Kier molecular flexibility index (Phi) is 16.5. The number of likely N-dealkylation sites (tertiary alicyclic amines) is 1. The van der Waals surface area contributed by atoms with Crippen LogP contribution in [-0.2, 0) is 48.4 Å². The summed E-state index contributed by atoms with van der Waals surface area (Å²) >= 11 is 0. The zero-order valence-corrected chi connectivity index (χ0v) is 43.8. The quantitative estimate of drug-likeness (QED) is 0.161. The standard InChI is InChI=1S/C28H37N5O4.C23H28N4O4.C5H11NO/c1-18-5-4-12-29-27(18)37-22-15-19-8-9-20(16-22)33(19)25(35)17-32-24-7-3-2-6-23(24)26(30-32)28(36)31-13-10-21(34)11-14-31;1-14-5-4-10-24-22(14)31-17-11-15-8-9-16(12-17)27(15)20(28)13-26-19-7-3-2-6-18(19)21(25-26)23(29)30;7-5-1-3-6-4-2-5/h4-5,12,19-22,34H,2-3,6-11,13-17H2,1H3;4-5,10,15-17H,2-3,6-9,11-13H2,1H3,(H,29,30);5-7H,1-4H2. The first-order chi connectivity index (χ1) is 36.4. The third-order valence-electron chi connectivity index (χ3n) is 17.0. The summed E-state index contributed by atoms with van der Waals surface area (Å²) in [6, 6.07) is 8.48. The maximum Gasteiger partial charge on any atom is 0.356 e. The molecular formula is C56H76N10O9. The number of hydrogen-bond donors (Lipinski definition) is 4. The van der Waals surface area contributed by atoms with Gasteiger partial charge >= 0.3 is 5.97 Å². The molecule has 0 spiro atoms. The number of rotatable bonds is 10. The minimum Gasteiger partial charge on any atom is -0.476 e. The van der Waals surface area contributed by atoms with Gasteiger partial charge in [0.25, 0.3) is 5.91 Å². The molecule has 3 amide bonds. The number of amides is 3. The number of pyridine rings is 2. The van der Waals surface area contributed by atoms with E-state index in [0.717, 1.165) is 162 Å². The van der Waals surface area contributed by atoms with Gasteiger partial charge in [0.1, 0.15) is 25.3 Å². The molecule has 4 atom stereocenters. The number of fused-ring (bicyclic) bond motifs is 6. The highest BCUT2D eigenvalue weighted by molar-refractivity contribution is 5.94. The van der Waals surface area contributed by atoms with Crippen LogP contribution in [0.4, 0.5) is 0 Å². The number of carbonyl (C=O) groups excluding carboxylic acids is 3. The fourth-order valence-electron chi connectivity index (χ4n) is 13.2. The number of ether oxygens (including phenoxy) is 2. The summed E-state index contributed by atoms with van der Waals surface area (Å²) in [6.07, 6.45) is 20.8. The molecule has 4 unspecified atom stereocenters. The van der Waals surface area contributed by atoms with Crippen molar-refractivity contribution in [3.8, 4) is 11.8 Å². The maximum absolute atomic E-state index is 13.6. The van der Waals surface area contributed by atoms with E-state index in [2.05, 4.69) is 25.3 Å². The Hall–Kier alpha value is -5.92. The van der Waals surface area contributed by atoms with Crippen molar-refractivity contribution in [2.75, 3.05) is 26.2 Å². The predicted octanol–water partition coefficient (Wildman–Crippen LogP) is 5.16. The van der Waals surface area contributed by atoms with Crippen molar-refractivity contribution in [1.29, 1.82) is 0 Å². The van der Waals surface area contributed by atoms with E-state index in [1.165, 1.54) is 0 Å². The molecule has 19 heteroatoms. The first-order valence-electron chi connectivity index (χ1n) is 27.9. The Morgan fingerprint density at radius 2 is 1.03 bits per heavy atom. The van der Waals surface area contributed by atoms with Crippen molar-refractivity contribution in [3.05, 3.63) is 81.7 Å². The topological polar surface area (TPSA) is 231 Å². The van der Waals surface area contributed by atoms with Crippen molar-refractivity contribution in [2.45, 2.75) is 204 Å². The van der Waals surface area contributed by atoms with Crippen LogP contribution in [0.1, 0.15) is 157 Å². The smallest absolute Gasteiger partial charge is 0.356 e. The van der Waals surface area contributed by atoms with Crippen LogP contribution in [0.2, 0.25) is 0 Å². The molecule has 4 N–H and O–H groups in total. The lowest BCUT2D eigenvalue weighted by Gasteiger charge is -2.39. The molecular weight excluding hydrogens is 957 g/mol. The van der Waals surface area contributed by atoms with E-state index in [0.29, 0.717) is 43.4 Å². The molecule has 75 heavy (non-hydrogen) atoms. The molecule has 10 heterocycles. The zero-order valence-electron chi connectivity index (χ0n) is 43.8. The lowest BCUT2D eigenvalue weighted by molar-refractivity contribution is -0.139. The summed E-state index contributed by atoms with van der Waals surface area (Å²) in [6.45, 7) is 7.39. The second-order valence-electron chi connectivity index (χ2n) is 22.1. The molecule has 4 aromatic rings. The van der Waals surface area contributed by atoms with Crippen LogP contribution in [0.15, 0.2) is 36.7 Å². The van der Waals surface area contributed by atoms with E-state index >= 15 is 0 Å². The van der Waals surface area contributed by atoms with E-state index < -0.39 is 5.97 Å². The summed E-state index contributed by atoms with van der Waals surface area (Å²) in [5, 5.41) is 40.4. The third kappa shape index (κ3) is 11.9. The van der Waals surface area contributed by atoms with Gasteiger partial charge in [-0.3, -0.25) is 23.7 Å². The van der Waals surface area contributed by atoms with Crippen molar-refractivity contribution < 1.29 is 44.0 Å². The highest BCUT2D eigenvalue weighted by Crippen LogP contribution is 2.40. The van der Waals surface area contributed by atoms with Gasteiger partial charge in [-0.15, -0.1) is 0 Å². The summed E-state index contributed by atoms with van der Waals surface area (Å²) in [4.78, 5) is 66.5. The van der Waals surface area contributed by atoms with Gasteiger partial charge in [-0.05, 0) is 142 Å². The Bertz CT molecular complexity index is 2650. The van der Waals surface area contributed by atoms with E-state index in [9.17, 15) is 29.4 Å². The molecule has 6 fully saturated rings. The van der Waals surface area contributed by atoms with E-state index in [-0.39, 0.29) is 85.1 Å². The molecule has 6 aliphatic heterocycles. The SMILES string of the molecule is Cc1cccnc1OC1CC2CCC(C1)N2C(=O)Cn1nc(C(=O)N2CCC(O)CC2)c2c1CCCC2.Cc1cccnc1OC1CC2CCC(C1)N2C(=O)Cn1nc(C(=O)O)c2c1CCCC2.OC1CCNCC1. The molecule has 12 rings (SSSR count). The molecule has 19 nitrogen and oxygen atoms in total. The van der Waals surface area contributed by atoms with Gasteiger partial charge in [-0.1, -0.05) is 12.1 Å². The van der Waals surface area contributed by atoms with Crippen LogP contribution in [-0.4, -0.2) is 158 Å². The third-order valence-corrected chi connectivity index (χ3v) is 17.0. The number of nitrogens with zero attached hydrogens (tertiary/aromatic N) is 9. The Labute approximate surface area is 439 Å². The maximum atomic E-state index is 13.6. The zero-order chi connectivity index (χ0) is 52.2. The molecule has 8 aliphatic rings. The summed E-state index contributed by atoms with van der Waals surface area (Å²) in [5.41, 5.74) is 6.49. The van der Waals surface area contributed by atoms with Crippen molar-refractivity contribution in [3.63, 3.8) is 0 Å². The van der Waals surface area contributed by atoms with E-state index in [4.69, 9.17) is 19.7 Å². The molecule has 2 aliphatic carbocycles. The van der Waals surface area contributed by atoms with Gasteiger partial charge in [-0.2, -0.15) is 10.2 Å². The van der Waals surface area contributed by atoms with Crippen LogP contribution >= 0.6 is 0 Å². The molecule has 0 radical (unpaired) electrons. The minimum atomic E-state index is -1.01. The van der Waals surface area contributed by atoms with E-state index in [1.54, 1.807) is 17.1 Å². The molecule has 6 saturated heterocycles. The first-order valence-corrected chi connectivity index (χ1v) is 27.9. The summed E-state index contributed by atoms with van der Waals surface area (Å²) in [7, 11) is 0. The van der Waals surface area contributed by atoms with Gasteiger partial charge in [0, 0.05) is 109 Å². The number of aromatic carboxylic acids is 1. The number of aliphatic hydroxyl groups is 2. The number of carboxylic acid groups (broad SMARTS) is 1. The highest BCUT2D eigenvalue weighted by atomic mass is 16.5.